The van der Waals surface area contributed by atoms with Crippen LogP contribution >= 0.6 is 0 Å². The molecular weight excluding hydrogens is 518 g/mol. The van der Waals surface area contributed by atoms with E-state index in [2.05, 4.69) is 29.6 Å². The van der Waals surface area contributed by atoms with E-state index in [1.54, 1.807) is 12.2 Å². The predicted molar refractivity (Wildman–Crippen MR) is 157 cm³/mol. The quantitative estimate of drug-likeness (QED) is 0.168. The van der Waals surface area contributed by atoms with Crippen molar-refractivity contribution in [3.8, 4) is 11.1 Å². The molecule has 7 nitrogen and oxygen atoms in total. The number of fused-ring (bicyclic) bond motifs is 3. The highest BCUT2D eigenvalue weighted by molar-refractivity contribution is 5.82. The molecule has 41 heavy (non-hydrogen) atoms. The van der Waals surface area contributed by atoms with Crippen molar-refractivity contribution in [3.05, 3.63) is 108 Å². The number of rotatable bonds is 11. The first-order valence-electron chi connectivity index (χ1n) is 13.9. The molecule has 0 spiro atoms. The molecule has 4 rings (SSSR count). The Balaban J connectivity index is 1.32. The van der Waals surface area contributed by atoms with Crippen molar-refractivity contribution in [1.82, 2.24) is 5.32 Å². The highest BCUT2D eigenvalue weighted by Gasteiger charge is 2.30. The summed E-state index contributed by atoms with van der Waals surface area (Å²) in [6.07, 6.45) is 3.72. The normalized spacial score (nSPS) is 13.2. The van der Waals surface area contributed by atoms with Crippen LogP contribution < -0.4 is 5.32 Å². The van der Waals surface area contributed by atoms with Gasteiger partial charge in [-0.2, -0.15) is 0 Å². The summed E-state index contributed by atoms with van der Waals surface area (Å²) in [5, 5.41) is 2.70. The van der Waals surface area contributed by atoms with Gasteiger partial charge in [-0.15, -0.1) is 0 Å². The molecule has 1 atom stereocenters. The zero-order chi connectivity index (χ0) is 29.2. The van der Waals surface area contributed by atoms with Gasteiger partial charge in [0.25, 0.3) is 0 Å². The predicted octanol–water partition coefficient (Wildman–Crippen LogP) is 6.36. The fraction of sp³-hybridized carbons (Fsp3) is 0.324. The summed E-state index contributed by atoms with van der Waals surface area (Å²) >= 11 is 0. The lowest BCUT2D eigenvalue weighted by molar-refractivity contribution is -0.154. The summed E-state index contributed by atoms with van der Waals surface area (Å²) in [6.45, 7) is 5.63. The largest absolute Gasteiger partial charge is 0.460 e. The molecule has 0 aliphatic heterocycles. The minimum atomic E-state index is -0.928. The van der Waals surface area contributed by atoms with Gasteiger partial charge in [-0.05, 0) is 55.0 Å². The summed E-state index contributed by atoms with van der Waals surface area (Å²) < 4.78 is 16.4. The van der Waals surface area contributed by atoms with E-state index in [0.717, 1.165) is 27.8 Å². The fourth-order valence-electron chi connectivity index (χ4n) is 4.84. The van der Waals surface area contributed by atoms with Crippen LogP contribution in [0.25, 0.3) is 11.1 Å². The molecule has 0 unspecified atom stereocenters. The molecular formula is C34H37NO6. The maximum Gasteiger partial charge on any atom is 0.407 e. The molecule has 3 aromatic carbocycles. The molecule has 0 fully saturated rings. The van der Waals surface area contributed by atoms with Crippen LogP contribution in [0.1, 0.15) is 56.2 Å². The van der Waals surface area contributed by atoms with Crippen molar-refractivity contribution in [3.63, 3.8) is 0 Å². The first kappa shape index (κ1) is 29.6. The second-order valence-electron chi connectivity index (χ2n) is 10.9. The Labute approximate surface area is 241 Å². The second-order valence-corrected chi connectivity index (χ2v) is 10.9. The molecule has 0 saturated carbocycles. The summed E-state index contributed by atoms with van der Waals surface area (Å²) in [6, 6.07) is 24.7. The van der Waals surface area contributed by atoms with Crippen LogP contribution in [0.15, 0.2) is 91.0 Å². The number of carbonyl (C=O) groups is 3. The Morgan fingerprint density at radius 2 is 1.44 bits per heavy atom. The molecule has 0 radical (unpaired) electrons. The van der Waals surface area contributed by atoms with E-state index in [1.807, 2.05) is 75.4 Å². The van der Waals surface area contributed by atoms with Crippen LogP contribution in [0.5, 0.6) is 0 Å². The number of carbonyl (C=O) groups excluding carboxylic acids is 3. The average Bonchev–Trinajstić information content (AvgIpc) is 3.26. The molecule has 7 heteroatoms. The lowest BCUT2D eigenvalue weighted by Crippen LogP contribution is -2.44. The summed E-state index contributed by atoms with van der Waals surface area (Å²) in [7, 11) is 0. The minimum Gasteiger partial charge on any atom is -0.460 e. The summed E-state index contributed by atoms with van der Waals surface area (Å²) in [5.41, 5.74) is 4.86. The van der Waals surface area contributed by atoms with Crippen molar-refractivity contribution in [2.45, 2.75) is 57.6 Å². The Kier molecular flexibility index (Phi) is 9.95. The van der Waals surface area contributed by atoms with Gasteiger partial charge in [0.15, 0.2) is 0 Å². The van der Waals surface area contributed by atoms with Gasteiger partial charge < -0.3 is 19.5 Å². The zero-order valence-corrected chi connectivity index (χ0v) is 23.8. The van der Waals surface area contributed by atoms with Crippen molar-refractivity contribution in [2.75, 3.05) is 13.2 Å². The lowest BCUT2D eigenvalue weighted by atomic mass is 9.98. The van der Waals surface area contributed by atoms with Gasteiger partial charge >= 0.3 is 18.0 Å². The van der Waals surface area contributed by atoms with Gasteiger partial charge in [0.1, 0.15) is 24.9 Å². The van der Waals surface area contributed by atoms with E-state index < -0.39 is 23.7 Å². The molecule has 1 aliphatic carbocycles. The molecule has 0 bridgehead atoms. The molecule has 0 heterocycles. The molecule has 0 aromatic heterocycles. The number of ether oxygens (including phenoxy) is 3. The van der Waals surface area contributed by atoms with E-state index in [9.17, 15) is 14.4 Å². The molecule has 0 saturated heterocycles. The van der Waals surface area contributed by atoms with Gasteiger partial charge in [0.05, 0.1) is 0 Å². The van der Waals surface area contributed by atoms with Crippen LogP contribution in [0.2, 0.25) is 0 Å². The standard InChI is InChI=1S/C34H37NO6/c1-34(2,3)41-31(36)20-8-5-13-21-39-32(37)30(22-24-14-6-4-7-15-24)35-33(38)40-23-29-27-18-11-9-16-25(27)26-17-10-12-19-28(26)29/h4-7,9-19,29-30H,8,20-23H2,1-3H3,(H,35,38)/b13-5+/t30-/m0/s1. The minimum absolute atomic E-state index is 0.0187. The van der Waals surface area contributed by atoms with Gasteiger partial charge in [-0.1, -0.05) is 91.0 Å². The van der Waals surface area contributed by atoms with Gasteiger partial charge in [-0.25, -0.2) is 9.59 Å². The Bertz CT molecular complexity index is 1330. The van der Waals surface area contributed by atoms with E-state index >= 15 is 0 Å². The highest BCUT2D eigenvalue weighted by atomic mass is 16.6. The third-order valence-corrected chi connectivity index (χ3v) is 6.63. The Morgan fingerprint density at radius 3 is 2.07 bits per heavy atom. The molecule has 1 amide bonds. The first-order valence-corrected chi connectivity index (χ1v) is 13.9. The lowest BCUT2D eigenvalue weighted by Gasteiger charge is -2.19. The second kappa shape index (κ2) is 13.8. The fourth-order valence-corrected chi connectivity index (χ4v) is 4.84. The number of alkyl carbamates (subject to hydrolysis) is 1. The number of amides is 1. The van der Waals surface area contributed by atoms with E-state index in [1.165, 1.54) is 0 Å². The van der Waals surface area contributed by atoms with Crippen LogP contribution in [0, 0.1) is 0 Å². The smallest absolute Gasteiger partial charge is 0.407 e. The number of esters is 2. The Hall–Kier alpha value is -4.39. The van der Waals surface area contributed by atoms with Crippen molar-refractivity contribution >= 4 is 18.0 Å². The number of benzene rings is 3. The summed E-state index contributed by atoms with van der Waals surface area (Å²) in [4.78, 5) is 37.7. The molecule has 214 valence electrons. The van der Waals surface area contributed by atoms with Crippen LogP contribution in [0.3, 0.4) is 0 Å². The third-order valence-electron chi connectivity index (χ3n) is 6.63. The van der Waals surface area contributed by atoms with E-state index in [-0.39, 0.29) is 37.9 Å². The van der Waals surface area contributed by atoms with E-state index in [4.69, 9.17) is 14.2 Å². The highest BCUT2D eigenvalue weighted by Crippen LogP contribution is 2.44. The number of nitrogens with one attached hydrogen (secondary N) is 1. The maximum absolute atomic E-state index is 13.0. The van der Waals surface area contributed by atoms with Gasteiger partial charge in [-0.3, -0.25) is 4.79 Å². The Morgan fingerprint density at radius 1 is 0.829 bits per heavy atom. The molecule has 1 N–H and O–H groups in total. The molecule has 3 aromatic rings. The number of hydrogen-bond acceptors (Lipinski definition) is 6. The van der Waals surface area contributed by atoms with E-state index in [0.29, 0.717) is 6.42 Å². The zero-order valence-electron chi connectivity index (χ0n) is 23.8. The number of hydrogen-bond donors (Lipinski definition) is 1. The van der Waals surface area contributed by atoms with Crippen molar-refractivity contribution in [2.24, 2.45) is 0 Å². The summed E-state index contributed by atoms with van der Waals surface area (Å²) in [5.74, 6) is -0.938. The van der Waals surface area contributed by atoms with Crippen LogP contribution in [-0.4, -0.2) is 42.9 Å². The first-order chi connectivity index (χ1) is 19.7. The average molecular weight is 556 g/mol. The van der Waals surface area contributed by atoms with Gasteiger partial charge in [0, 0.05) is 18.8 Å². The topological polar surface area (TPSA) is 90.9 Å². The monoisotopic (exact) mass is 555 g/mol. The maximum atomic E-state index is 13.0. The SMILES string of the molecule is CC(C)(C)OC(=O)CC/C=C/COC(=O)[C@H](Cc1ccccc1)NC(=O)OCC1c2ccccc2-c2ccccc21. The van der Waals surface area contributed by atoms with Crippen molar-refractivity contribution in [1.29, 1.82) is 0 Å². The van der Waals surface area contributed by atoms with Crippen LogP contribution in [0.4, 0.5) is 4.79 Å². The number of allylic oxidation sites excluding steroid dienone is 1. The van der Waals surface area contributed by atoms with Crippen molar-refractivity contribution < 1.29 is 28.6 Å². The van der Waals surface area contributed by atoms with Gasteiger partial charge in [0.2, 0.25) is 0 Å². The molecule has 1 aliphatic rings. The van der Waals surface area contributed by atoms with Crippen LogP contribution in [-0.2, 0) is 30.2 Å². The third kappa shape index (κ3) is 8.55.